The molecule has 1 saturated heterocycles. The lowest BCUT2D eigenvalue weighted by Gasteiger charge is -2.09. The standard InChI is InChI=1S/C13H10F3NOS2/c1-2-17-11(18)10(20-12(17)19)7-8-4-3-5-9(6-8)13(14,15)16/h3-7H,2H2,1H3. The first-order valence-electron chi connectivity index (χ1n) is 5.75. The first-order valence-corrected chi connectivity index (χ1v) is 6.98. The van der Waals surface area contributed by atoms with Crippen LogP contribution < -0.4 is 0 Å². The highest BCUT2D eigenvalue weighted by molar-refractivity contribution is 8.26. The van der Waals surface area contributed by atoms with Crippen LogP contribution in [0.3, 0.4) is 0 Å². The van der Waals surface area contributed by atoms with E-state index < -0.39 is 11.7 Å². The molecule has 0 atom stereocenters. The number of carbonyl (C=O) groups excluding carboxylic acids is 1. The van der Waals surface area contributed by atoms with Gasteiger partial charge in [-0.15, -0.1) is 0 Å². The van der Waals surface area contributed by atoms with Crippen LogP contribution in [-0.4, -0.2) is 21.7 Å². The molecule has 7 heteroatoms. The summed E-state index contributed by atoms with van der Waals surface area (Å²) in [5, 5.41) is 0. The van der Waals surface area contributed by atoms with Crippen molar-refractivity contribution < 1.29 is 18.0 Å². The Kier molecular flexibility index (Phi) is 4.19. The van der Waals surface area contributed by atoms with Crippen molar-refractivity contribution in [1.29, 1.82) is 0 Å². The van der Waals surface area contributed by atoms with Gasteiger partial charge in [-0.3, -0.25) is 9.69 Å². The minimum atomic E-state index is -4.40. The average Bonchev–Trinajstić information content (AvgIpc) is 2.63. The van der Waals surface area contributed by atoms with Crippen molar-refractivity contribution in [2.45, 2.75) is 13.1 Å². The molecular weight excluding hydrogens is 307 g/mol. The second-order valence-electron chi connectivity index (χ2n) is 4.05. The smallest absolute Gasteiger partial charge is 0.293 e. The molecule has 2 nitrogen and oxygen atoms in total. The van der Waals surface area contributed by atoms with Gasteiger partial charge in [0.25, 0.3) is 5.91 Å². The molecular formula is C13H10F3NOS2. The van der Waals surface area contributed by atoms with Crippen LogP contribution in [-0.2, 0) is 11.0 Å². The van der Waals surface area contributed by atoms with Gasteiger partial charge < -0.3 is 0 Å². The van der Waals surface area contributed by atoms with E-state index in [1.807, 2.05) is 0 Å². The topological polar surface area (TPSA) is 20.3 Å². The minimum Gasteiger partial charge on any atom is -0.293 e. The Hall–Kier alpha value is -1.34. The molecule has 20 heavy (non-hydrogen) atoms. The molecule has 1 aromatic carbocycles. The number of thioether (sulfide) groups is 1. The van der Waals surface area contributed by atoms with Crippen molar-refractivity contribution in [3.05, 3.63) is 40.3 Å². The van der Waals surface area contributed by atoms with Crippen LogP contribution in [0.4, 0.5) is 13.2 Å². The van der Waals surface area contributed by atoms with Gasteiger partial charge in [0.15, 0.2) is 0 Å². The zero-order valence-electron chi connectivity index (χ0n) is 10.4. The largest absolute Gasteiger partial charge is 0.416 e. The van der Waals surface area contributed by atoms with Crippen LogP contribution >= 0.6 is 24.0 Å². The Morgan fingerprint density at radius 2 is 2.10 bits per heavy atom. The molecule has 1 aromatic rings. The molecule has 0 saturated carbocycles. The lowest BCUT2D eigenvalue weighted by Crippen LogP contribution is -2.27. The number of likely N-dealkylation sites (N-methyl/N-ethyl adjacent to an activating group) is 1. The first-order chi connectivity index (χ1) is 9.32. The molecule has 0 unspecified atom stereocenters. The molecule has 1 heterocycles. The Bertz CT molecular complexity index is 596. The number of carbonyl (C=O) groups is 1. The molecule has 0 aliphatic carbocycles. The number of hydrogen-bond donors (Lipinski definition) is 0. The number of hydrogen-bond acceptors (Lipinski definition) is 3. The summed E-state index contributed by atoms with van der Waals surface area (Å²) in [6.45, 7) is 2.24. The number of benzene rings is 1. The number of rotatable bonds is 2. The van der Waals surface area contributed by atoms with Crippen LogP contribution in [0.2, 0.25) is 0 Å². The molecule has 0 radical (unpaired) electrons. The third-order valence-electron chi connectivity index (χ3n) is 2.70. The van der Waals surface area contributed by atoms with Crippen molar-refractivity contribution in [3.63, 3.8) is 0 Å². The number of nitrogens with zero attached hydrogens (tertiary/aromatic N) is 1. The minimum absolute atomic E-state index is 0.264. The predicted molar refractivity (Wildman–Crippen MR) is 77.0 cm³/mol. The van der Waals surface area contributed by atoms with Crippen molar-refractivity contribution in [2.24, 2.45) is 0 Å². The van der Waals surface area contributed by atoms with Crippen LogP contribution in [0.25, 0.3) is 6.08 Å². The number of halogens is 3. The molecule has 0 N–H and O–H groups in total. The maximum atomic E-state index is 12.6. The fourth-order valence-electron chi connectivity index (χ4n) is 1.73. The van der Waals surface area contributed by atoms with Crippen molar-refractivity contribution >= 4 is 40.3 Å². The van der Waals surface area contributed by atoms with Crippen molar-refractivity contribution in [1.82, 2.24) is 4.90 Å². The molecule has 1 aliphatic heterocycles. The molecule has 0 aromatic heterocycles. The summed E-state index contributed by atoms with van der Waals surface area (Å²) in [5.74, 6) is -0.264. The number of thiocarbonyl (C=S) groups is 1. The number of amides is 1. The van der Waals surface area contributed by atoms with E-state index in [2.05, 4.69) is 0 Å². The van der Waals surface area contributed by atoms with E-state index in [0.717, 1.165) is 23.9 Å². The van der Waals surface area contributed by atoms with Crippen LogP contribution in [0.5, 0.6) is 0 Å². The van der Waals surface area contributed by atoms with Gasteiger partial charge in [-0.05, 0) is 30.7 Å². The molecule has 0 bridgehead atoms. The van der Waals surface area contributed by atoms with Crippen LogP contribution in [0, 0.1) is 0 Å². The van der Waals surface area contributed by atoms with Crippen LogP contribution in [0.1, 0.15) is 18.1 Å². The maximum Gasteiger partial charge on any atom is 0.416 e. The van der Waals surface area contributed by atoms with Gasteiger partial charge in [-0.2, -0.15) is 13.2 Å². The van der Waals surface area contributed by atoms with Gasteiger partial charge >= 0.3 is 6.18 Å². The summed E-state index contributed by atoms with van der Waals surface area (Å²) in [6.07, 6.45) is -2.96. The summed E-state index contributed by atoms with van der Waals surface area (Å²) in [7, 11) is 0. The first kappa shape index (κ1) is 15.1. The third-order valence-corrected chi connectivity index (χ3v) is 4.08. The fourth-order valence-corrected chi connectivity index (χ4v) is 3.11. The Labute approximate surface area is 123 Å². The van der Waals surface area contributed by atoms with Gasteiger partial charge in [-0.1, -0.05) is 36.1 Å². The van der Waals surface area contributed by atoms with Gasteiger partial charge in [0.1, 0.15) is 4.32 Å². The van der Waals surface area contributed by atoms with E-state index in [1.54, 1.807) is 6.92 Å². The van der Waals surface area contributed by atoms with Gasteiger partial charge in [0.2, 0.25) is 0 Å². The van der Waals surface area contributed by atoms with Gasteiger partial charge in [0, 0.05) is 6.54 Å². The highest BCUT2D eigenvalue weighted by Gasteiger charge is 2.32. The molecule has 0 spiro atoms. The van der Waals surface area contributed by atoms with E-state index in [1.165, 1.54) is 23.1 Å². The molecule has 1 aliphatic rings. The highest BCUT2D eigenvalue weighted by Crippen LogP contribution is 2.34. The molecule has 1 amide bonds. The van der Waals surface area contributed by atoms with E-state index in [0.29, 0.717) is 21.3 Å². The molecule has 2 rings (SSSR count). The SMILES string of the molecule is CCN1C(=O)C(=Cc2cccc(C(F)(F)F)c2)SC1=S. The van der Waals surface area contributed by atoms with Crippen molar-refractivity contribution in [2.75, 3.05) is 6.54 Å². The average molecular weight is 317 g/mol. The maximum absolute atomic E-state index is 12.6. The van der Waals surface area contributed by atoms with E-state index in [9.17, 15) is 18.0 Å². The van der Waals surface area contributed by atoms with E-state index >= 15 is 0 Å². The second-order valence-corrected chi connectivity index (χ2v) is 5.72. The second kappa shape index (κ2) is 5.57. The Morgan fingerprint density at radius 1 is 1.40 bits per heavy atom. The molecule has 1 fully saturated rings. The van der Waals surface area contributed by atoms with Gasteiger partial charge in [0.05, 0.1) is 10.5 Å². The summed E-state index contributed by atoms with van der Waals surface area (Å²) in [6, 6.07) is 4.84. The number of alkyl halides is 3. The zero-order valence-corrected chi connectivity index (χ0v) is 12.0. The summed E-state index contributed by atoms with van der Waals surface area (Å²) in [5.41, 5.74) is -0.409. The predicted octanol–water partition coefficient (Wildman–Crippen LogP) is 3.93. The van der Waals surface area contributed by atoms with Gasteiger partial charge in [-0.25, -0.2) is 0 Å². The fraction of sp³-hybridized carbons (Fsp3) is 0.231. The normalized spacial score (nSPS) is 18.2. The Morgan fingerprint density at radius 3 is 2.65 bits per heavy atom. The summed E-state index contributed by atoms with van der Waals surface area (Å²) in [4.78, 5) is 13.7. The molecule has 106 valence electrons. The zero-order chi connectivity index (χ0) is 14.9. The quantitative estimate of drug-likeness (QED) is 0.609. The Balaban J connectivity index is 2.33. The lowest BCUT2D eigenvalue weighted by molar-refractivity contribution is -0.137. The highest BCUT2D eigenvalue weighted by atomic mass is 32.2. The lowest BCUT2D eigenvalue weighted by atomic mass is 10.1. The van der Waals surface area contributed by atoms with E-state index in [-0.39, 0.29) is 5.91 Å². The summed E-state index contributed by atoms with van der Waals surface area (Å²) >= 11 is 6.14. The van der Waals surface area contributed by atoms with E-state index in [4.69, 9.17) is 12.2 Å². The monoisotopic (exact) mass is 317 g/mol. The van der Waals surface area contributed by atoms with Crippen LogP contribution in [0.15, 0.2) is 29.2 Å². The summed E-state index contributed by atoms with van der Waals surface area (Å²) < 4.78 is 38.3. The van der Waals surface area contributed by atoms with Crippen molar-refractivity contribution in [3.8, 4) is 0 Å². The third kappa shape index (κ3) is 3.04.